The lowest BCUT2D eigenvalue weighted by Crippen LogP contribution is -2.41. The van der Waals surface area contributed by atoms with E-state index in [4.69, 9.17) is 4.74 Å². The highest BCUT2D eigenvalue weighted by Crippen LogP contribution is 2.14. The van der Waals surface area contributed by atoms with Crippen LogP contribution in [0, 0.1) is 11.8 Å². The molecule has 0 saturated carbocycles. The summed E-state index contributed by atoms with van der Waals surface area (Å²) in [5.41, 5.74) is 0. The van der Waals surface area contributed by atoms with E-state index in [-0.39, 0.29) is 24.2 Å². The van der Waals surface area contributed by atoms with Crippen molar-refractivity contribution in [1.29, 1.82) is 0 Å². The Balaban J connectivity index is 0.00000144. The van der Waals surface area contributed by atoms with Gasteiger partial charge in [-0.05, 0) is 44.7 Å². The summed E-state index contributed by atoms with van der Waals surface area (Å²) in [6, 6.07) is 0. The van der Waals surface area contributed by atoms with Crippen molar-refractivity contribution in [3.8, 4) is 0 Å². The second kappa shape index (κ2) is 7.90. The number of halogens is 1. The lowest BCUT2D eigenvalue weighted by atomic mass is 9.98. The molecule has 0 aromatic heterocycles. The van der Waals surface area contributed by atoms with Crippen LogP contribution in [0.15, 0.2) is 0 Å². The molecule has 0 spiro atoms. The fourth-order valence-corrected chi connectivity index (χ4v) is 2.43. The second-order valence-electron chi connectivity index (χ2n) is 4.87. The van der Waals surface area contributed by atoms with Gasteiger partial charge in [0.2, 0.25) is 5.91 Å². The number of carbonyl (C=O) groups excluding carboxylic acids is 1. The predicted molar refractivity (Wildman–Crippen MR) is 69.4 cm³/mol. The highest BCUT2D eigenvalue weighted by atomic mass is 35.5. The van der Waals surface area contributed by atoms with E-state index in [0.29, 0.717) is 12.5 Å². The van der Waals surface area contributed by atoms with Gasteiger partial charge >= 0.3 is 0 Å². The Morgan fingerprint density at radius 3 is 2.88 bits per heavy atom. The van der Waals surface area contributed by atoms with Crippen molar-refractivity contribution >= 4 is 18.3 Å². The normalized spacial score (nSPS) is 29.2. The van der Waals surface area contributed by atoms with Gasteiger partial charge in [0.05, 0.1) is 12.5 Å². The molecule has 17 heavy (non-hydrogen) atoms. The molecule has 0 aliphatic carbocycles. The van der Waals surface area contributed by atoms with Gasteiger partial charge in [0.25, 0.3) is 0 Å². The van der Waals surface area contributed by atoms with Crippen LogP contribution in [0.5, 0.6) is 0 Å². The summed E-state index contributed by atoms with van der Waals surface area (Å²) in [7, 11) is 0. The lowest BCUT2D eigenvalue weighted by Gasteiger charge is -2.25. The first kappa shape index (κ1) is 14.7. The molecule has 0 radical (unpaired) electrons. The summed E-state index contributed by atoms with van der Waals surface area (Å²) in [6.45, 7) is 4.41. The molecule has 0 bridgehead atoms. The highest BCUT2D eigenvalue weighted by molar-refractivity contribution is 5.85. The lowest BCUT2D eigenvalue weighted by molar-refractivity contribution is -0.129. The maximum atomic E-state index is 11.8. The molecule has 1 amide bonds. The van der Waals surface area contributed by atoms with Gasteiger partial charge in [0, 0.05) is 13.2 Å². The molecular weight excluding hydrogens is 240 g/mol. The molecule has 5 heteroatoms. The van der Waals surface area contributed by atoms with E-state index in [1.54, 1.807) is 0 Å². The zero-order valence-corrected chi connectivity index (χ0v) is 11.1. The maximum absolute atomic E-state index is 11.8. The molecule has 2 heterocycles. The molecule has 100 valence electrons. The van der Waals surface area contributed by atoms with Crippen molar-refractivity contribution in [3.05, 3.63) is 0 Å². The summed E-state index contributed by atoms with van der Waals surface area (Å²) >= 11 is 0. The van der Waals surface area contributed by atoms with Crippen molar-refractivity contribution < 1.29 is 9.53 Å². The summed E-state index contributed by atoms with van der Waals surface area (Å²) in [6.07, 6.45) is 4.46. The number of rotatable bonds is 3. The second-order valence-corrected chi connectivity index (χ2v) is 4.87. The number of nitrogens with one attached hydrogen (secondary N) is 2. The minimum Gasteiger partial charge on any atom is -0.381 e. The number of carbonyl (C=O) groups is 1. The van der Waals surface area contributed by atoms with Crippen LogP contribution < -0.4 is 10.6 Å². The molecule has 2 rings (SSSR count). The predicted octanol–water partition coefficient (Wildman–Crippen LogP) is 0.951. The molecule has 0 aromatic carbocycles. The monoisotopic (exact) mass is 262 g/mol. The van der Waals surface area contributed by atoms with E-state index < -0.39 is 0 Å². The largest absolute Gasteiger partial charge is 0.381 e. The van der Waals surface area contributed by atoms with Gasteiger partial charge in [-0.25, -0.2) is 0 Å². The number of hydrogen-bond acceptors (Lipinski definition) is 3. The zero-order chi connectivity index (χ0) is 11.2. The molecule has 2 N–H and O–H groups in total. The molecule has 2 aliphatic heterocycles. The Hall–Kier alpha value is -0.320. The fourth-order valence-electron chi connectivity index (χ4n) is 2.43. The van der Waals surface area contributed by atoms with E-state index in [1.807, 2.05) is 0 Å². The number of amides is 1. The topological polar surface area (TPSA) is 50.4 Å². The van der Waals surface area contributed by atoms with E-state index in [0.717, 1.165) is 39.1 Å². The van der Waals surface area contributed by atoms with Crippen molar-refractivity contribution in [3.63, 3.8) is 0 Å². The molecular formula is C12H23ClN2O2. The van der Waals surface area contributed by atoms with E-state index in [2.05, 4.69) is 10.6 Å². The Morgan fingerprint density at radius 1 is 1.35 bits per heavy atom. The molecule has 0 aromatic rings. The standard InChI is InChI=1S/C12H22N2O2.ClH/c15-12(11-4-2-6-16-9-11)14-8-10-3-1-5-13-7-10;/h10-11,13H,1-9H2,(H,14,15);1H. The van der Waals surface area contributed by atoms with E-state index in [1.165, 1.54) is 12.8 Å². The minimum atomic E-state index is 0. The zero-order valence-electron chi connectivity index (χ0n) is 10.2. The fraction of sp³-hybridized carbons (Fsp3) is 0.917. The van der Waals surface area contributed by atoms with Crippen LogP contribution in [0.2, 0.25) is 0 Å². The average molecular weight is 263 g/mol. The Labute approximate surface area is 109 Å². The van der Waals surface area contributed by atoms with Crippen molar-refractivity contribution in [2.45, 2.75) is 25.7 Å². The minimum absolute atomic E-state index is 0. The van der Waals surface area contributed by atoms with Gasteiger partial charge in [0.15, 0.2) is 0 Å². The first-order valence-corrected chi connectivity index (χ1v) is 6.42. The van der Waals surface area contributed by atoms with Crippen LogP contribution in [-0.2, 0) is 9.53 Å². The SMILES string of the molecule is Cl.O=C(NCC1CCCNC1)C1CCCOC1. The van der Waals surface area contributed by atoms with Gasteiger partial charge < -0.3 is 15.4 Å². The van der Waals surface area contributed by atoms with Crippen LogP contribution in [0.1, 0.15) is 25.7 Å². The third kappa shape index (κ3) is 4.82. The van der Waals surface area contributed by atoms with Gasteiger partial charge in [-0.2, -0.15) is 0 Å². The van der Waals surface area contributed by atoms with E-state index in [9.17, 15) is 4.79 Å². The Morgan fingerprint density at radius 2 is 2.24 bits per heavy atom. The molecule has 2 fully saturated rings. The Bertz CT molecular complexity index is 227. The van der Waals surface area contributed by atoms with Crippen LogP contribution in [0.25, 0.3) is 0 Å². The number of piperidine rings is 1. The summed E-state index contributed by atoms with van der Waals surface area (Å²) in [4.78, 5) is 11.8. The Kier molecular flexibility index (Phi) is 6.85. The van der Waals surface area contributed by atoms with Crippen LogP contribution in [-0.4, -0.2) is 38.8 Å². The summed E-state index contributed by atoms with van der Waals surface area (Å²) in [5, 5.41) is 6.43. The van der Waals surface area contributed by atoms with Gasteiger partial charge in [0.1, 0.15) is 0 Å². The first-order chi connectivity index (χ1) is 7.86. The first-order valence-electron chi connectivity index (χ1n) is 6.42. The maximum Gasteiger partial charge on any atom is 0.225 e. The van der Waals surface area contributed by atoms with Crippen molar-refractivity contribution in [2.24, 2.45) is 11.8 Å². The molecule has 2 aliphatic rings. The van der Waals surface area contributed by atoms with Gasteiger partial charge in [-0.15, -0.1) is 12.4 Å². The highest BCUT2D eigenvalue weighted by Gasteiger charge is 2.22. The smallest absolute Gasteiger partial charge is 0.225 e. The molecule has 2 saturated heterocycles. The van der Waals surface area contributed by atoms with Gasteiger partial charge in [-0.3, -0.25) is 4.79 Å². The summed E-state index contributed by atoms with van der Waals surface area (Å²) < 4.78 is 5.32. The average Bonchev–Trinajstić information content (AvgIpc) is 2.38. The summed E-state index contributed by atoms with van der Waals surface area (Å²) in [5.74, 6) is 0.887. The number of hydrogen-bond donors (Lipinski definition) is 2. The molecule has 4 nitrogen and oxygen atoms in total. The molecule has 2 unspecified atom stereocenters. The quantitative estimate of drug-likeness (QED) is 0.796. The third-order valence-corrected chi connectivity index (χ3v) is 3.49. The molecule has 2 atom stereocenters. The van der Waals surface area contributed by atoms with Crippen molar-refractivity contribution in [2.75, 3.05) is 32.8 Å². The van der Waals surface area contributed by atoms with Gasteiger partial charge in [-0.1, -0.05) is 0 Å². The third-order valence-electron chi connectivity index (χ3n) is 3.49. The van der Waals surface area contributed by atoms with E-state index >= 15 is 0 Å². The van der Waals surface area contributed by atoms with Crippen LogP contribution >= 0.6 is 12.4 Å². The van der Waals surface area contributed by atoms with Crippen LogP contribution in [0.4, 0.5) is 0 Å². The number of ether oxygens (including phenoxy) is 1. The van der Waals surface area contributed by atoms with Crippen LogP contribution in [0.3, 0.4) is 0 Å². The van der Waals surface area contributed by atoms with Crippen molar-refractivity contribution in [1.82, 2.24) is 10.6 Å².